The van der Waals surface area contributed by atoms with E-state index in [2.05, 4.69) is 39.7 Å². The van der Waals surface area contributed by atoms with Gasteiger partial charge in [0.2, 0.25) is 0 Å². The van der Waals surface area contributed by atoms with Crippen LogP contribution in [-0.2, 0) is 9.57 Å². The van der Waals surface area contributed by atoms with Gasteiger partial charge in [0.15, 0.2) is 0 Å². The molecule has 2 aromatic heterocycles. The lowest BCUT2D eigenvalue weighted by molar-refractivity contribution is 0.0149. The number of hydrogen-bond donors (Lipinski definition) is 2. The fourth-order valence-corrected chi connectivity index (χ4v) is 3.35. The summed E-state index contributed by atoms with van der Waals surface area (Å²) in [6.45, 7) is 0.838. The monoisotopic (exact) mass is 351 g/mol. The van der Waals surface area contributed by atoms with Crippen LogP contribution in [-0.4, -0.2) is 29.6 Å². The van der Waals surface area contributed by atoms with Gasteiger partial charge in [-0.1, -0.05) is 24.3 Å². The van der Waals surface area contributed by atoms with Gasteiger partial charge in [-0.05, 0) is 37.0 Å². The minimum absolute atomic E-state index is 0.197. The number of ether oxygens (including phenoxy) is 1. The van der Waals surface area contributed by atoms with Gasteiger partial charge in [-0.25, -0.2) is 10.5 Å². The number of amides is 1. The number of nitrogens with one attached hydrogen (secondary N) is 2. The van der Waals surface area contributed by atoms with Gasteiger partial charge in [0.1, 0.15) is 5.52 Å². The van der Waals surface area contributed by atoms with Crippen LogP contribution in [0.5, 0.6) is 0 Å². The molecule has 0 spiro atoms. The number of fused-ring (bicyclic) bond motifs is 1. The first-order valence-electron chi connectivity index (χ1n) is 8.79. The third kappa shape index (κ3) is 3.21. The number of nitrogens with zero attached hydrogens (tertiary/aromatic N) is 1. The average Bonchev–Trinajstić information content (AvgIpc) is 3.12. The minimum atomic E-state index is -0.326. The molecule has 1 saturated heterocycles. The van der Waals surface area contributed by atoms with E-state index in [1.165, 1.54) is 19.1 Å². The molecule has 0 bridgehead atoms. The smallest absolute Gasteiger partial charge is 0.278 e. The zero-order valence-electron chi connectivity index (χ0n) is 14.6. The maximum Gasteiger partial charge on any atom is 0.278 e. The lowest BCUT2D eigenvalue weighted by Gasteiger charge is -2.23. The SMILES string of the molecule is CONC(=O)c1c[nH]c2ccc(-c3ccc(C4CCCCO4)cc3)nc12. The molecule has 1 atom stereocenters. The van der Waals surface area contributed by atoms with E-state index in [0.29, 0.717) is 11.1 Å². The van der Waals surface area contributed by atoms with Crippen molar-refractivity contribution in [3.8, 4) is 11.3 Å². The first-order chi connectivity index (χ1) is 12.8. The van der Waals surface area contributed by atoms with Crippen LogP contribution in [0.3, 0.4) is 0 Å². The van der Waals surface area contributed by atoms with Crippen molar-refractivity contribution in [3.05, 3.63) is 53.7 Å². The van der Waals surface area contributed by atoms with E-state index in [-0.39, 0.29) is 12.0 Å². The number of benzene rings is 1. The van der Waals surface area contributed by atoms with Crippen LogP contribution in [0.15, 0.2) is 42.6 Å². The number of pyridine rings is 1. The average molecular weight is 351 g/mol. The van der Waals surface area contributed by atoms with Crippen LogP contribution >= 0.6 is 0 Å². The highest BCUT2D eigenvalue weighted by Crippen LogP contribution is 2.30. The number of H-pyrrole nitrogens is 1. The molecule has 1 aromatic carbocycles. The standard InChI is InChI=1S/C20H21N3O3/c1-25-23-20(24)15-12-21-17-10-9-16(22-19(15)17)13-5-7-14(8-6-13)18-4-2-3-11-26-18/h5-10,12,18,21H,2-4,11H2,1H3,(H,23,24). The Hall–Kier alpha value is -2.70. The Kier molecular flexibility index (Phi) is 4.69. The fraction of sp³-hybridized carbons (Fsp3) is 0.300. The highest BCUT2D eigenvalue weighted by Gasteiger charge is 2.17. The Morgan fingerprint density at radius 2 is 2.08 bits per heavy atom. The first-order valence-corrected chi connectivity index (χ1v) is 8.79. The summed E-state index contributed by atoms with van der Waals surface area (Å²) in [5.74, 6) is -0.326. The summed E-state index contributed by atoms with van der Waals surface area (Å²) in [6.07, 6.45) is 5.27. The molecule has 1 aliphatic heterocycles. The van der Waals surface area contributed by atoms with Gasteiger partial charge in [0.25, 0.3) is 5.91 Å². The van der Waals surface area contributed by atoms with E-state index < -0.39 is 0 Å². The number of aromatic nitrogens is 2. The van der Waals surface area contributed by atoms with E-state index in [4.69, 9.17) is 9.57 Å². The molecular formula is C20H21N3O3. The summed E-state index contributed by atoms with van der Waals surface area (Å²) in [5.41, 5.74) is 7.24. The quantitative estimate of drug-likeness (QED) is 0.702. The molecule has 0 aliphatic carbocycles. The van der Waals surface area contributed by atoms with Crippen LogP contribution in [0.2, 0.25) is 0 Å². The first kappa shape index (κ1) is 16.8. The minimum Gasteiger partial charge on any atom is -0.374 e. The largest absolute Gasteiger partial charge is 0.374 e. The van der Waals surface area contributed by atoms with Gasteiger partial charge in [0, 0.05) is 18.4 Å². The fourth-order valence-electron chi connectivity index (χ4n) is 3.35. The highest BCUT2D eigenvalue weighted by atomic mass is 16.6. The Morgan fingerprint density at radius 1 is 1.23 bits per heavy atom. The molecule has 3 heterocycles. The molecule has 134 valence electrons. The van der Waals surface area contributed by atoms with Crippen molar-refractivity contribution < 1.29 is 14.4 Å². The molecule has 2 N–H and O–H groups in total. The highest BCUT2D eigenvalue weighted by molar-refractivity contribution is 6.05. The summed E-state index contributed by atoms with van der Waals surface area (Å²) < 4.78 is 5.85. The molecule has 1 unspecified atom stereocenters. The van der Waals surface area contributed by atoms with Gasteiger partial charge in [-0.15, -0.1) is 0 Å². The van der Waals surface area contributed by atoms with Gasteiger partial charge < -0.3 is 9.72 Å². The van der Waals surface area contributed by atoms with Crippen molar-refractivity contribution in [2.24, 2.45) is 0 Å². The number of carbonyl (C=O) groups is 1. The summed E-state index contributed by atoms with van der Waals surface area (Å²) in [4.78, 5) is 24.5. The zero-order valence-corrected chi connectivity index (χ0v) is 14.6. The van der Waals surface area contributed by atoms with Crippen LogP contribution < -0.4 is 5.48 Å². The number of aromatic amines is 1. The van der Waals surface area contributed by atoms with Gasteiger partial charge in [0.05, 0.1) is 30.0 Å². The predicted octanol–water partition coefficient (Wildman–Crippen LogP) is 3.76. The van der Waals surface area contributed by atoms with E-state index in [1.807, 2.05) is 12.1 Å². The van der Waals surface area contributed by atoms with Crippen LogP contribution in [0.4, 0.5) is 0 Å². The summed E-state index contributed by atoms with van der Waals surface area (Å²) in [6, 6.07) is 12.2. The van der Waals surface area contributed by atoms with E-state index in [0.717, 1.165) is 36.2 Å². The zero-order chi connectivity index (χ0) is 17.9. The molecule has 6 nitrogen and oxygen atoms in total. The maximum absolute atomic E-state index is 12.1. The number of carbonyl (C=O) groups excluding carboxylic acids is 1. The number of hydrogen-bond acceptors (Lipinski definition) is 4. The van der Waals surface area contributed by atoms with Gasteiger partial charge >= 0.3 is 0 Å². The third-order valence-corrected chi connectivity index (χ3v) is 4.72. The van der Waals surface area contributed by atoms with Crippen molar-refractivity contribution >= 4 is 16.9 Å². The van der Waals surface area contributed by atoms with Crippen molar-refractivity contribution in [2.45, 2.75) is 25.4 Å². The summed E-state index contributed by atoms with van der Waals surface area (Å²) >= 11 is 0. The molecule has 1 aliphatic rings. The second-order valence-electron chi connectivity index (χ2n) is 6.41. The topological polar surface area (TPSA) is 76.2 Å². The lowest BCUT2D eigenvalue weighted by Crippen LogP contribution is -2.21. The Bertz CT molecular complexity index is 912. The second kappa shape index (κ2) is 7.27. The van der Waals surface area contributed by atoms with E-state index in [1.54, 1.807) is 6.20 Å². The van der Waals surface area contributed by atoms with Gasteiger partial charge in [-0.2, -0.15) is 0 Å². The molecule has 0 saturated carbocycles. The van der Waals surface area contributed by atoms with Crippen LogP contribution in [0.1, 0.15) is 41.3 Å². The van der Waals surface area contributed by atoms with Crippen molar-refractivity contribution in [1.82, 2.24) is 15.4 Å². The summed E-state index contributed by atoms with van der Waals surface area (Å²) in [7, 11) is 1.41. The maximum atomic E-state index is 12.1. The Labute approximate surface area is 151 Å². The van der Waals surface area contributed by atoms with Crippen LogP contribution in [0.25, 0.3) is 22.3 Å². The third-order valence-electron chi connectivity index (χ3n) is 4.72. The number of rotatable bonds is 4. The van der Waals surface area contributed by atoms with Crippen molar-refractivity contribution in [3.63, 3.8) is 0 Å². The molecule has 3 aromatic rings. The Morgan fingerprint density at radius 3 is 2.81 bits per heavy atom. The van der Waals surface area contributed by atoms with Crippen molar-refractivity contribution in [1.29, 1.82) is 0 Å². The van der Waals surface area contributed by atoms with Crippen molar-refractivity contribution in [2.75, 3.05) is 13.7 Å². The van der Waals surface area contributed by atoms with Gasteiger partial charge in [-0.3, -0.25) is 9.63 Å². The molecular weight excluding hydrogens is 330 g/mol. The normalized spacial score (nSPS) is 17.3. The predicted molar refractivity (Wildman–Crippen MR) is 98.5 cm³/mol. The van der Waals surface area contributed by atoms with E-state index in [9.17, 15) is 4.79 Å². The summed E-state index contributed by atoms with van der Waals surface area (Å²) in [5, 5.41) is 0. The molecule has 0 radical (unpaired) electrons. The molecule has 4 rings (SSSR count). The van der Waals surface area contributed by atoms with E-state index >= 15 is 0 Å². The van der Waals surface area contributed by atoms with Crippen LogP contribution in [0, 0.1) is 0 Å². The lowest BCUT2D eigenvalue weighted by atomic mass is 9.99. The molecule has 6 heteroatoms. The molecule has 1 amide bonds. The second-order valence-corrected chi connectivity index (χ2v) is 6.41. The molecule has 26 heavy (non-hydrogen) atoms. The number of hydroxylamine groups is 1. The molecule has 1 fully saturated rings. The Balaban J connectivity index is 1.63.